The Bertz CT molecular complexity index is 241. The molecule has 0 bridgehead atoms. The van der Waals surface area contributed by atoms with Crippen LogP contribution in [0.2, 0.25) is 0 Å². The van der Waals surface area contributed by atoms with Crippen LogP contribution in [0.15, 0.2) is 0 Å². The zero-order valence-electron chi connectivity index (χ0n) is 11.1. The molecule has 0 amide bonds. The van der Waals surface area contributed by atoms with E-state index < -0.39 is 0 Å². The first-order chi connectivity index (χ1) is 7.50. The summed E-state index contributed by atoms with van der Waals surface area (Å²) < 4.78 is 5.96. The number of ether oxygens (including phenoxy) is 1. The summed E-state index contributed by atoms with van der Waals surface area (Å²) in [7, 11) is 0. The molecule has 0 aromatic carbocycles. The second-order valence-corrected chi connectivity index (χ2v) is 6.42. The van der Waals surface area contributed by atoms with Crippen molar-refractivity contribution in [1.29, 1.82) is 0 Å². The normalized spacial score (nSPS) is 40.5. The van der Waals surface area contributed by atoms with Crippen molar-refractivity contribution >= 4 is 0 Å². The molecule has 2 N–H and O–H groups in total. The fourth-order valence-corrected chi connectivity index (χ4v) is 3.45. The Morgan fingerprint density at radius 3 is 2.31 bits per heavy atom. The lowest BCUT2D eigenvalue weighted by molar-refractivity contribution is -0.0557. The van der Waals surface area contributed by atoms with E-state index in [2.05, 4.69) is 20.8 Å². The molecule has 1 aliphatic heterocycles. The van der Waals surface area contributed by atoms with Crippen LogP contribution in [-0.2, 0) is 4.74 Å². The van der Waals surface area contributed by atoms with Gasteiger partial charge < -0.3 is 10.5 Å². The standard InChI is InChI=1S/C14H27NO/c1-4-13(2,3)11-5-8-14(9-6-11)12(15)7-10-16-14/h11-12H,4-10,15H2,1-3H3. The minimum atomic E-state index is 0.0559. The van der Waals surface area contributed by atoms with Crippen LogP contribution in [0.4, 0.5) is 0 Å². The lowest BCUT2D eigenvalue weighted by Crippen LogP contribution is -2.48. The van der Waals surface area contributed by atoms with Crippen molar-refractivity contribution < 1.29 is 4.74 Å². The predicted molar refractivity (Wildman–Crippen MR) is 67.3 cm³/mol. The first-order valence-corrected chi connectivity index (χ1v) is 6.90. The van der Waals surface area contributed by atoms with Gasteiger partial charge in [0, 0.05) is 12.6 Å². The van der Waals surface area contributed by atoms with Crippen molar-refractivity contribution in [3.05, 3.63) is 0 Å². The third-order valence-corrected chi connectivity index (χ3v) is 5.34. The van der Waals surface area contributed by atoms with Crippen molar-refractivity contribution in [3.63, 3.8) is 0 Å². The van der Waals surface area contributed by atoms with Crippen LogP contribution in [0.1, 0.15) is 59.3 Å². The molecule has 2 fully saturated rings. The molecule has 1 saturated heterocycles. The van der Waals surface area contributed by atoms with Crippen molar-refractivity contribution in [1.82, 2.24) is 0 Å². The largest absolute Gasteiger partial charge is 0.373 e. The van der Waals surface area contributed by atoms with E-state index in [9.17, 15) is 0 Å². The first-order valence-electron chi connectivity index (χ1n) is 6.90. The Kier molecular flexibility index (Phi) is 3.33. The Hall–Kier alpha value is -0.0800. The molecule has 1 aliphatic carbocycles. The molecule has 0 radical (unpaired) electrons. The quantitative estimate of drug-likeness (QED) is 0.783. The summed E-state index contributed by atoms with van der Waals surface area (Å²) in [6.45, 7) is 8.00. The smallest absolute Gasteiger partial charge is 0.0833 e. The second-order valence-electron chi connectivity index (χ2n) is 6.42. The summed E-state index contributed by atoms with van der Waals surface area (Å²) in [6.07, 6.45) is 7.30. The molecule has 1 spiro atoms. The highest BCUT2D eigenvalue weighted by Gasteiger charge is 2.46. The highest BCUT2D eigenvalue weighted by atomic mass is 16.5. The summed E-state index contributed by atoms with van der Waals surface area (Å²) in [6, 6.07) is 0.290. The Morgan fingerprint density at radius 2 is 1.88 bits per heavy atom. The summed E-state index contributed by atoms with van der Waals surface area (Å²) in [5, 5.41) is 0. The topological polar surface area (TPSA) is 35.2 Å². The highest BCUT2D eigenvalue weighted by molar-refractivity contribution is 5.00. The van der Waals surface area contributed by atoms with Gasteiger partial charge in [0.05, 0.1) is 5.60 Å². The van der Waals surface area contributed by atoms with E-state index in [0.29, 0.717) is 5.41 Å². The van der Waals surface area contributed by atoms with Gasteiger partial charge in [-0.1, -0.05) is 27.2 Å². The Morgan fingerprint density at radius 1 is 1.25 bits per heavy atom. The number of rotatable bonds is 2. The van der Waals surface area contributed by atoms with Crippen LogP contribution < -0.4 is 5.73 Å². The zero-order chi connectivity index (χ0) is 11.8. The number of hydrogen-bond acceptors (Lipinski definition) is 2. The molecule has 1 saturated carbocycles. The van der Waals surface area contributed by atoms with Crippen molar-refractivity contribution in [2.45, 2.75) is 70.9 Å². The minimum absolute atomic E-state index is 0.0559. The third-order valence-electron chi connectivity index (χ3n) is 5.34. The van der Waals surface area contributed by atoms with E-state index in [-0.39, 0.29) is 11.6 Å². The van der Waals surface area contributed by atoms with E-state index in [1.165, 1.54) is 32.1 Å². The summed E-state index contributed by atoms with van der Waals surface area (Å²) in [4.78, 5) is 0. The molecule has 16 heavy (non-hydrogen) atoms. The lowest BCUT2D eigenvalue weighted by Gasteiger charge is -2.44. The molecule has 1 atom stereocenters. The molecule has 0 aromatic rings. The van der Waals surface area contributed by atoms with E-state index in [4.69, 9.17) is 10.5 Å². The van der Waals surface area contributed by atoms with Gasteiger partial charge in [-0.05, 0) is 43.4 Å². The van der Waals surface area contributed by atoms with E-state index >= 15 is 0 Å². The SMILES string of the molecule is CCC(C)(C)C1CCC2(CC1)OCCC2N. The molecular weight excluding hydrogens is 198 g/mol. The fourth-order valence-electron chi connectivity index (χ4n) is 3.45. The number of hydrogen-bond donors (Lipinski definition) is 1. The van der Waals surface area contributed by atoms with Gasteiger partial charge >= 0.3 is 0 Å². The average Bonchev–Trinajstić information content (AvgIpc) is 2.61. The molecule has 1 heterocycles. The number of nitrogens with two attached hydrogens (primary N) is 1. The molecule has 2 aliphatic rings. The van der Waals surface area contributed by atoms with E-state index in [0.717, 1.165) is 18.9 Å². The van der Waals surface area contributed by atoms with Crippen LogP contribution in [0.3, 0.4) is 0 Å². The zero-order valence-corrected chi connectivity index (χ0v) is 11.1. The monoisotopic (exact) mass is 225 g/mol. The average molecular weight is 225 g/mol. The second kappa shape index (κ2) is 4.30. The maximum Gasteiger partial charge on any atom is 0.0833 e. The summed E-state index contributed by atoms with van der Waals surface area (Å²) in [5.41, 5.74) is 6.75. The molecule has 2 heteroatoms. The van der Waals surface area contributed by atoms with Gasteiger partial charge in [0.1, 0.15) is 0 Å². The van der Waals surface area contributed by atoms with Crippen LogP contribution in [0.25, 0.3) is 0 Å². The van der Waals surface area contributed by atoms with Gasteiger partial charge in [0.2, 0.25) is 0 Å². The van der Waals surface area contributed by atoms with Crippen molar-refractivity contribution in [2.24, 2.45) is 17.1 Å². The highest BCUT2D eigenvalue weighted by Crippen LogP contribution is 2.47. The van der Waals surface area contributed by atoms with Crippen molar-refractivity contribution in [3.8, 4) is 0 Å². The fraction of sp³-hybridized carbons (Fsp3) is 1.00. The van der Waals surface area contributed by atoms with Gasteiger partial charge in [-0.2, -0.15) is 0 Å². The van der Waals surface area contributed by atoms with Gasteiger partial charge in [-0.15, -0.1) is 0 Å². The van der Waals surface area contributed by atoms with Gasteiger partial charge in [-0.25, -0.2) is 0 Å². The maximum atomic E-state index is 6.21. The Balaban J connectivity index is 1.96. The lowest BCUT2D eigenvalue weighted by atomic mass is 9.65. The maximum absolute atomic E-state index is 6.21. The molecule has 0 aromatic heterocycles. The van der Waals surface area contributed by atoms with Gasteiger partial charge in [-0.3, -0.25) is 0 Å². The van der Waals surface area contributed by atoms with E-state index in [1.54, 1.807) is 0 Å². The molecule has 1 unspecified atom stereocenters. The van der Waals surface area contributed by atoms with Crippen LogP contribution in [-0.4, -0.2) is 18.2 Å². The first kappa shape index (κ1) is 12.4. The minimum Gasteiger partial charge on any atom is -0.373 e. The van der Waals surface area contributed by atoms with Crippen molar-refractivity contribution in [2.75, 3.05) is 6.61 Å². The van der Waals surface area contributed by atoms with Crippen LogP contribution in [0.5, 0.6) is 0 Å². The third kappa shape index (κ3) is 2.02. The molecular formula is C14H27NO. The molecule has 2 rings (SSSR count). The summed E-state index contributed by atoms with van der Waals surface area (Å²) in [5.74, 6) is 0.861. The summed E-state index contributed by atoms with van der Waals surface area (Å²) >= 11 is 0. The molecule has 2 nitrogen and oxygen atoms in total. The predicted octanol–water partition coefficient (Wildman–Crippen LogP) is 3.10. The molecule has 94 valence electrons. The van der Waals surface area contributed by atoms with Crippen LogP contribution in [0, 0.1) is 11.3 Å². The Labute approximate surface area is 99.9 Å². The van der Waals surface area contributed by atoms with Gasteiger partial charge in [0.15, 0.2) is 0 Å². The van der Waals surface area contributed by atoms with Gasteiger partial charge in [0.25, 0.3) is 0 Å². The van der Waals surface area contributed by atoms with E-state index in [1.807, 2.05) is 0 Å². The van der Waals surface area contributed by atoms with Crippen LogP contribution >= 0.6 is 0 Å².